The van der Waals surface area contributed by atoms with Gasteiger partial charge in [0.25, 0.3) is 0 Å². The number of halogens is 1. The van der Waals surface area contributed by atoms with E-state index < -0.39 is 0 Å². The van der Waals surface area contributed by atoms with Crippen LogP contribution in [0, 0.1) is 12.7 Å². The normalized spacial score (nSPS) is 18.3. The van der Waals surface area contributed by atoms with Gasteiger partial charge >= 0.3 is 0 Å². The number of hydrogen-bond acceptors (Lipinski definition) is 2. The number of fused-ring (bicyclic) bond motifs is 1. The Kier molecular flexibility index (Phi) is 2.07. The number of aryl methyl sites for hydroxylation is 1. The number of hydrogen-bond donors (Lipinski definition) is 1. The van der Waals surface area contributed by atoms with Crippen molar-refractivity contribution >= 4 is 11.5 Å². The minimum absolute atomic E-state index is 0.0891. The van der Waals surface area contributed by atoms with Gasteiger partial charge in [0.2, 0.25) is 0 Å². The molecule has 0 aliphatic carbocycles. The zero-order valence-corrected chi connectivity index (χ0v) is 9.15. The van der Waals surface area contributed by atoms with Crippen molar-refractivity contribution < 1.29 is 9.18 Å². The smallest absolute Gasteiger partial charge is 0.167 e. The maximum Gasteiger partial charge on any atom is 0.167 e. The van der Waals surface area contributed by atoms with Crippen LogP contribution in [0.5, 0.6) is 0 Å². The molecule has 15 heavy (non-hydrogen) atoms. The summed E-state index contributed by atoms with van der Waals surface area (Å²) < 4.78 is 13.2. The number of rotatable bonds is 0. The van der Waals surface area contributed by atoms with Gasteiger partial charge in [0, 0.05) is 23.2 Å². The van der Waals surface area contributed by atoms with Crippen LogP contribution < -0.4 is 5.32 Å². The van der Waals surface area contributed by atoms with E-state index in [9.17, 15) is 9.18 Å². The summed E-state index contributed by atoms with van der Waals surface area (Å²) in [7, 11) is 0. The Morgan fingerprint density at radius 2 is 2.07 bits per heavy atom. The molecule has 0 radical (unpaired) electrons. The Bertz CT molecular complexity index is 437. The summed E-state index contributed by atoms with van der Waals surface area (Å²) in [6.45, 7) is 5.64. The zero-order chi connectivity index (χ0) is 11.2. The lowest BCUT2D eigenvalue weighted by Crippen LogP contribution is -2.38. The van der Waals surface area contributed by atoms with Gasteiger partial charge in [-0.1, -0.05) is 0 Å². The van der Waals surface area contributed by atoms with Crippen molar-refractivity contribution in [2.75, 3.05) is 5.32 Å². The highest BCUT2D eigenvalue weighted by Gasteiger charge is 2.31. The standard InChI is InChI=1S/C12H14FNO/c1-7-4-8(13)5-9-11(7)10(15)6-12(2,3)14-9/h4-5,14H,6H2,1-3H3. The van der Waals surface area contributed by atoms with E-state index in [2.05, 4.69) is 5.32 Å². The van der Waals surface area contributed by atoms with Crippen LogP contribution in [0.4, 0.5) is 10.1 Å². The topological polar surface area (TPSA) is 29.1 Å². The largest absolute Gasteiger partial charge is 0.379 e. The van der Waals surface area contributed by atoms with E-state index in [1.165, 1.54) is 12.1 Å². The molecule has 1 heterocycles. The third kappa shape index (κ3) is 1.74. The molecule has 3 heteroatoms. The average molecular weight is 207 g/mol. The summed E-state index contributed by atoms with van der Waals surface area (Å²) in [4.78, 5) is 11.9. The molecule has 0 bridgehead atoms. The molecule has 1 aromatic rings. The Morgan fingerprint density at radius 1 is 1.40 bits per heavy atom. The summed E-state index contributed by atoms with van der Waals surface area (Å²) in [6.07, 6.45) is 0.451. The molecule has 0 unspecified atom stereocenters. The van der Waals surface area contributed by atoms with Crippen LogP contribution in [0.3, 0.4) is 0 Å². The quantitative estimate of drug-likeness (QED) is 0.708. The number of carbonyl (C=O) groups excluding carboxylic acids is 1. The summed E-state index contributed by atoms with van der Waals surface area (Å²) in [5, 5.41) is 3.19. The lowest BCUT2D eigenvalue weighted by molar-refractivity contribution is 0.0957. The molecule has 2 nitrogen and oxygen atoms in total. The van der Waals surface area contributed by atoms with E-state index in [0.717, 1.165) is 0 Å². The molecule has 1 aromatic carbocycles. The number of anilines is 1. The Labute approximate surface area is 88.5 Å². The highest BCUT2D eigenvalue weighted by molar-refractivity contribution is 6.05. The minimum Gasteiger partial charge on any atom is -0.379 e. The van der Waals surface area contributed by atoms with Gasteiger partial charge in [-0.05, 0) is 38.5 Å². The van der Waals surface area contributed by atoms with Crippen LogP contribution in [-0.2, 0) is 0 Å². The lowest BCUT2D eigenvalue weighted by Gasteiger charge is -2.33. The Balaban J connectivity index is 2.60. The zero-order valence-electron chi connectivity index (χ0n) is 9.15. The maximum absolute atomic E-state index is 13.2. The van der Waals surface area contributed by atoms with E-state index in [4.69, 9.17) is 0 Å². The summed E-state index contributed by atoms with van der Waals surface area (Å²) >= 11 is 0. The second-order valence-corrected chi connectivity index (χ2v) is 4.75. The molecule has 0 aromatic heterocycles. The molecule has 0 amide bonds. The third-order valence-electron chi connectivity index (χ3n) is 2.65. The van der Waals surface area contributed by atoms with E-state index in [1.807, 2.05) is 13.8 Å². The number of nitrogens with one attached hydrogen (secondary N) is 1. The molecule has 80 valence electrons. The average Bonchev–Trinajstić information content (AvgIpc) is 1.97. The molecular weight excluding hydrogens is 193 g/mol. The number of benzene rings is 1. The van der Waals surface area contributed by atoms with E-state index >= 15 is 0 Å². The van der Waals surface area contributed by atoms with Gasteiger partial charge in [0.1, 0.15) is 5.82 Å². The number of Topliss-reactive ketones (excluding diaryl/α,β-unsaturated/α-hetero) is 1. The fourth-order valence-electron chi connectivity index (χ4n) is 2.11. The third-order valence-corrected chi connectivity index (χ3v) is 2.65. The highest BCUT2D eigenvalue weighted by Crippen LogP contribution is 2.32. The van der Waals surface area contributed by atoms with Crippen molar-refractivity contribution in [2.45, 2.75) is 32.7 Å². The van der Waals surface area contributed by atoms with Crippen LogP contribution in [0.25, 0.3) is 0 Å². The monoisotopic (exact) mass is 207 g/mol. The first-order chi connectivity index (χ1) is 6.89. The molecule has 0 saturated carbocycles. The van der Waals surface area contributed by atoms with Gasteiger partial charge in [0.15, 0.2) is 5.78 Å². The molecular formula is C12H14FNO. The van der Waals surface area contributed by atoms with Gasteiger partial charge in [-0.3, -0.25) is 4.79 Å². The van der Waals surface area contributed by atoms with E-state index in [1.54, 1.807) is 6.92 Å². The Hall–Kier alpha value is -1.38. The SMILES string of the molecule is Cc1cc(F)cc2c1C(=O)CC(C)(C)N2. The fourth-order valence-corrected chi connectivity index (χ4v) is 2.11. The van der Waals surface area contributed by atoms with Crippen molar-refractivity contribution in [1.82, 2.24) is 0 Å². The van der Waals surface area contributed by atoms with Gasteiger partial charge in [-0.2, -0.15) is 0 Å². The van der Waals surface area contributed by atoms with Gasteiger partial charge < -0.3 is 5.32 Å². The predicted octanol–water partition coefficient (Wildman–Crippen LogP) is 2.91. The summed E-state index contributed by atoms with van der Waals surface area (Å²) in [5.41, 5.74) is 1.67. The first kappa shape index (κ1) is 10.1. The van der Waals surface area contributed by atoms with Crippen molar-refractivity contribution in [3.05, 3.63) is 29.1 Å². The molecule has 1 N–H and O–H groups in total. The molecule has 0 fully saturated rings. The van der Waals surface area contributed by atoms with Crippen LogP contribution in [-0.4, -0.2) is 11.3 Å². The Morgan fingerprint density at radius 3 is 2.73 bits per heavy atom. The highest BCUT2D eigenvalue weighted by atomic mass is 19.1. The molecule has 1 aliphatic heterocycles. The van der Waals surface area contributed by atoms with E-state index in [0.29, 0.717) is 23.2 Å². The van der Waals surface area contributed by atoms with Crippen LogP contribution in [0.1, 0.15) is 36.2 Å². The fraction of sp³-hybridized carbons (Fsp3) is 0.417. The van der Waals surface area contributed by atoms with Crippen molar-refractivity contribution in [1.29, 1.82) is 0 Å². The minimum atomic E-state index is -0.302. The van der Waals surface area contributed by atoms with Gasteiger partial charge in [-0.25, -0.2) is 4.39 Å². The van der Waals surface area contributed by atoms with Gasteiger partial charge in [0.05, 0.1) is 0 Å². The molecule has 0 spiro atoms. The second-order valence-electron chi connectivity index (χ2n) is 4.75. The summed E-state index contributed by atoms with van der Waals surface area (Å²) in [5.74, 6) is -0.212. The van der Waals surface area contributed by atoms with Gasteiger partial charge in [-0.15, -0.1) is 0 Å². The first-order valence-corrected chi connectivity index (χ1v) is 5.00. The van der Waals surface area contributed by atoms with Crippen LogP contribution >= 0.6 is 0 Å². The predicted molar refractivity (Wildman–Crippen MR) is 57.8 cm³/mol. The number of carbonyl (C=O) groups is 1. The van der Waals surface area contributed by atoms with Crippen molar-refractivity contribution in [3.8, 4) is 0 Å². The van der Waals surface area contributed by atoms with Crippen LogP contribution in [0.15, 0.2) is 12.1 Å². The second kappa shape index (κ2) is 3.05. The van der Waals surface area contributed by atoms with Crippen LogP contribution in [0.2, 0.25) is 0 Å². The van der Waals surface area contributed by atoms with Crippen molar-refractivity contribution in [2.24, 2.45) is 0 Å². The molecule has 2 rings (SSSR count). The molecule has 0 atom stereocenters. The van der Waals surface area contributed by atoms with E-state index in [-0.39, 0.29) is 17.1 Å². The summed E-state index contributed by atoms with van der Waals surface area (Å²) in [6, 6.07) is 2.79. The van der Waals surface area contributed by atoms with Crippen molar-refractivity contribution in [3.63, 3.8) is 0 Å². The first-order valence-electron chi connectivity index (χ1n) is 5.00. The molecule has 0 saturated heterocycles. The number of ketones is 1. The molecule has 1 aliphatic rings. The lowest BCUT2D eigenvalue weighted by atomic mass is 9.86. The maximum atomic E-state index is 13.2.